The molecule has 0 spiro atoms. The summed E-state index contributed by atoms with van der Waals surface area (Å²) in [7, 11) is 0. The van der Waals surface area contributed by atoms with Crippen molar-refractivity contribution in [1.82, 2.24) is 0 Å². The molecule has 0 bridgehead atoms. The zero-order chi connectivity index (χ0) is 35.6. The van der Waals surface area contributed by atoms with Gasteiger partial charge in [-0.1, -0.05) is 62.2 Å². The zero-order valence-corrected chi connectivity index (χ0v) is 28.6. The maximum Gasteiger partial charge on any atom is 0.161 e. The fourth-order valence-electron chi connectivity index (χ4n) is 6.88. The zero-order valence-electron chi connectivity index (χ0n) is 28.6. The highest BCUT2D eigenvalue weighted by Gasteiger charge is 2.37. The van der Waals surface area contributed by atoms with Gasteiger partial charge in [0.25, 0.3) is 0 Å². The number of ether oxygens (including phenoxy) is 1. The lowest BCUT2D eigenvalue weighted by atomic mass is 9.66. The van der Waals surface area contributed by atoms with Gasteiger partial charge in [0, 0.05) is 49.3 Å². The van der Waals surface area contributed by atoms with Gasteiger partial charge in [-0.2, -0.15) is 0 Å². The van der Waals surface area contributed by atoms with E-state index in [4.69, 9.17) is 16.2 Å². The number of hydrogen-bond acceptors (Lipinski definition) is 9. The second kappa shape index (κ2) is 17.3. The highest BCUT2D eigenvalue weighted by atomic mass is 16.5. The standard InChI is InChI=1S/C41H49N3O6/c1-2-3-4-5-6-7-31(46)12-8-26-10-15-37(48)38(21-26)50-19-17-27-9-14-36(47)34(20-27)39-32-13-11-28(41(42)43)22-33(32)30(25-45)23-35(39)40(49)29-16-18-44-24-29/h6-7,9-11,13-16,18,20-22,24,30,35,39,41,45,47-49H,2-5,8,12,17,19,23,25,42-43H2,1H3/p-1. The van der Waals surface area contributed by atoms with Crippen LogP contribution in [0.2, 0.25) is 0 Å². The number of phenols is 2. The topological polar surface area (TPSA) is 174 Å². The minimum atomic E-state index is -0.700. The van der Waals surface area contributed by atoms with Crippen molar-refractivity contribution in [3.05, 3.63) is 124 Å². The highest BCUT2D eigenvalue weighted by Crippen LogP contribution is 2.50. The van der Waals surface area contributed by atoms with Crippen molar-refractivity contribution in [2.75, 3.05) is 13.2 Å². The van der Waals surface area contributed by atoms with Gasteiger partial charge in [0.05, 0.1) is 12.8 Å². The maximum atomic E-state index is 13.9. The molecular weight excluding hydrogens is 630 g/mol. The van der Waals surface area contributed by atoms with E-state index in [1.54, 1.807) is 48.8 Å². The number of allylic oxidation sites excluding steroid dienone is 5. The predicted octanol–water partition coefficient (Wildman–Crippen LogP) is 5.71. The Morgan fingerprint density at radius 3 is 2.50 bits per heavy atom. The third-order valence-electron chi connectivity index (χ3n) is 9.64. The summed E-state index contributed by atoms with van der Waals surface area (Å²) in [6.07, 6.45) is 13.8. The largest absolute Gasteiger partial charge is 0.875 e. The number of carbonyl (C=O) groups excluding carboxylic acids is 1. The molecule has 0 aromatic heterocycles. The van der Waals surface area contributed by atoms with Crippen molar-refractivity contribution in [1.29, 1.82) is 0 Å². The van der Waals surface area contributed by atoms with Crippen LogP contribution in [-0.2, 0) is 17.6 Å². The molecule has 1 aliphatic carbocycles. The number of aryl methyl sites for hydroxylation is 1. The van der Waals surface area contributed by atoms with Crippen LogP contribution in [0.5, 0.6) is 17.2 Å². The molecule has 3 aromatic rings. The third kappa shape index (κ3) is 8.90. The molecule has 9 nitrogen and oxygen atoms in total. The molecule has 3 atom stereocenters. The summed E-state index contributed by atoms with van der Waals surface area (Å²) in [5, 5.41) is 46.1. The Morgan fingerprint density at radius 1 is 1.00 bits per heavy atom. The summed E-state index contributed by atoms with van der Waals surface area (Å²) in [5.41, 5.74) is 17.2. The van der Waals surface area contributed by atoms with Crippen LogP contribution >= 0.6 is 0 Å². The van der Waals surface area contributed by atoms with Gasteiger partial charge in [-0.15, -0.1) is 5.76 Å². The van der Waals surface area contributed by atoms with Crippen LogP contribution in [0.15, 0.2) is 95.3 Å². The number of aliphatic hydroxyl groups excluding tert-OH is 1. The number of ketones is 1. The monoisotopic (exact) mass is 678 g/mol. The van der Waals surface area contributed by atoms with Crippen LogP contribution in [0.4, 0.5) is 0 Å². The molecule has 9 heteroatoms. The molecular formula is C41H48N3O6-. The number of hydrogen-bond donors (Lipinski definition) is 5. The van der Waals surface area contributed by atoms with E-state index >= 15 is 0 Å². The summed E-state index contributed by atoms with van der Waals surface area (Å²) < 4.78 is 6.01. The van der Waals surface area contributed by atoms with Crippen LogP contribution in [0, 0.1) is 5.92 Å². The fourth-order valence-corrected chi connectivity index (χ4v) is 6.88. The SMILES string of the molecule is CCCCCC=CC(=O)CCc1ccc(O)c(OCCc2ccc(O)c(C3c4ccc(C(N)N)cc4C(CO)CC3C([O-])=C3C=CN=C3)c2)c1. The second-order valence-electron chi connectivity index (χ2n) is 13.2. The van der Waals surface area contributed by atoms with Gasteiger partial charge in [0.2, 0.25) is 0 Å². The number of fused-ring (bicyclic) bond motifs is 1. The first-order valence-corrected chi connectivity index (χ1v) is 17.5. The Hall–Kier alpha value is -4.70. The minimum absolute atomic E-state index is 0.0134. The quantitative estimate of drug-likeness (QED) is 0.0554. The summed E-state index contributed by atoms with van der Waals surface area (Å²) in [4.78, 5) is 16.4. The summed E-state index contributed by atoms with van der Waals surface area (Å²) in [6, 6.07) is 16.1. The molecule has 0 fully saturated rings. The van der Waals surface area contributed by atoms with E-state index in [9.17, 15) is 25.2 Å². The molecule has 0 radical (unpaired) electrons. The van der Waals surface area contributed by atoms with Crippen LogP contribution in [-0.4, -0.2) is 40.5 Å². The minimum Gasteiger partial charge on any atom is -0.875 e. The van der Waals surface area contributed by atoms with Crippen molar-refractivity contribution in [3.8, 4) is 17.2 Å². The van der Waals surface area contributed by atoms with Gasteiger partial charge < -0.3 is 36.6 Å². The number of benzene rings is 3. The Kier molecular flexibility index (Phi) is 12.7. The average molecular weight is 679 g/mol. The number of phenolic OH excluding ortho intramolecular Hbond substituents is 2. The molecule has 1 aliphatic heterocycles. The molecule has 1 heterocycles. The van der Waals surface area contributed by atoms with Gasteiger partial charge in [-0.05, 0) is 95.3 Å². The molecule has 7 N–H and O–H groups in total. The van der Waals surface area contributed by atoms with E-state index in [1.807, 2.05) is 36.4 Å². The van der Waals surface area contributed by atoms with Crippen molar-refractivity contribution >= 4 is 12.0 Å². The first kappa shape index (κ1) is 36.6. The fraction of sp³-hybridized carbons (Fsp3) is 0.366. The Labute approximate surface area is 294 Å². The molecule has 3 unspecified atom stereocenters. The number of unbranched alkanes of at least 4 members (excludes halogenated alkanes) is 3. The van der Waals surface area contributed by atoms with E-state index < -0.39 is 18.0 Å². The first-order chi connectivity index (χ1) is 24.2. The van der Waals surface area contributed by atoms with Crippen LogP contribution < -0.4 is 21.3 Å². The lowest BCUT2D eigenvalue weighted by Gasteiger charge is -2.42. The van der Waals surface area contributed by atoms with E-state index in [-0.39, 0.29) is 42.2 Å². The number of rotatable bonds is 16. The highest BCUT2D eigenvalue weighted by molar-refractivity contribution is 5.89. The number of aliphatic imine (C=N–C) groups is 1. The van der Waals surface area contributed by atoms with E-state index in [0.29, 0.717) is 42.6 Å². The van der Waals surface area contributed by atoms with E-state index in [0.717, 1.165) is 53.5 Å². The molecule has 0 amide bonds. The normalized spacial score (nSPS) is 19.3. The smallest absolute Gasteiger partial charge is 0.161 e. The summed E-state index contributed by atoms with van der Waals surface area (Å²) in [5.74, 6) is -1.01. The number of aromatic hydroxyl groups is 2. The molecule has 3 aromatic carbocycles. The summed E-state index contributed by atoms with van der Waals surface area (Å²) >= 11 is 0. The number of nitrogens with zero attached hydrogens (tertiary/aromatic N) is 1. The third-order valence-corrected chi connectivity index (χ3v) is 9.64. The van der Waals surface area contributed by atoms with Crippen molar-refractivity contribution in [2.24, 2.45) is 22.4 Å². The van der Waals surface area contributed by atoms with Crippen LogP contribution in [0.1, 0.15) is 96.8 Å². The first-order valence-electron chi connectivity index (χ1n) is 17.5. The Bertz CT molecular complexity index is 1760. The van der Waals surface area contributed by atoms with Crippen molar-refractivity contribution < 1.29 is 30.0 Å². The number of carbonyl (C=O) groups is 1. The predicted molar refractivity (Wildman–Crippen MR) is 194 cm³/mol. The maximum absolute atomic E-state index is 13.9. The Balaban J connectivity index is 1.34. The Morgan fingerprint density at radius 2 is 1.78 bits per heavy atom. The molecule has 264 valence electrons. The molecule has 0 saturated carbocycles. The van der Waals surface area contributed by atoms with Gasteiger partial charge >= 0.3 is 0 Å². The van der Waals surface area contributed by atoms with E-state index in [1.165, 1.54) is 0 Å². The van der Waals surface area contributed by atoms with Crippen LogP contribution in [0.25, 0.3) is 0 Å². The van der Waals surface area contributed by atoms with Gasteiger partial charge in [0.1, 0.15) is 5.75 Å². The van der Waals surface area contributed by atoms with Gasteiger partial charge in [0.15, 0.2) is 17.3 Å². The number of nitrogens with two attached hydrogens (primary N) is 2. The lowest BCUT2D eigenvalue weighted by molar-refractivity contribution is -0.317. The molecule has 0 saturated heterocycles. The number of aliphatic hydroxyl groups is 1. The van der Waals surface area contributed by atoms with Gasteiger partial charge in [-0.25, -0.2) is 0 Å². The molecule has 50 heavy (non-hydrogen) atoms. The lowest BCUT2D eigenvalue weighted by Crippen LogP contribution is -2.33. The van der Waals surface area contributed by atoms with Gasteiger partial charge in [-0.3, -0.25) is 9.79 Å². The second-order valence-corrected chi connectivity index (χ2v) is 13.2. The van der Waals surface area contributed by atoms with Crippen molar-refractivity contribution in [3.63, 3.8) is 0 Å². The summed E-state index contributed by atoms with van der Waals surface area (Å²) in [6.45, 7) is 2.24. The average Bonchev–Trinajstić information content (AvgIpc) is 3.66. The van der Waals surface area contributed by atoms with Crippen molar-refractivity contribution in [2.45, 2.75) is 76.3 Å². The van der Waals surface area contributed by atoms with Crippen LogP contribution in [0.3, 0.4) is 0 Å². The molecule has 2 aliphatic rings. The molecule has 5 rings (SSSR count). The van der Waals surface area contributed by atoms with E-state index in [2.05, 4.69) is 11.9 Å².